The maximum Gasteiger partial charge on any atom is 0.333 e. The lowest BCUT2D eigenvalue weighted by molar-refractivity contribution is -0.0433. The second-order valence-corrected chi connectivity index (χ2v) is 6.41. The fourth-order valence-corrected chi connectivity index (χ4v) is 4.20. The summed E-state index contributed by atoms with van der Waals surface area (Å²) in [5.41, 5.74) is -0.732. The molecule has 3 aromatic rings. The van der Waals surface area contributed by atoms with Crippen molar-refractivity contribution in [2.75, 3.05) is 32.7 Å². The van der Waals surface area contributed by atoms with Crippen LogP contribution >= 0.6 is 0 Å². The first-order valence-electron chi connectivity index (χ1n) is 8.32. The SMILES string of the molecule is c1ncnc(C2(c3ncncn3)CN3CC[N+]2(c2ncncn2)CC3)n1. The van der Waals surface area contributed by atoms with Crippen molar-refractivity contribution in [1.82, 2.24) is 54.2 Å². The summed E-state index contributed by atoms with van der Waals surface area (Å²) in [5.74, 6) is 1.91. The molecule has 0 aliphatic carbocycles. The minimum atomic E-state index is -0.732. The number of nitrogens with zero attached hydrogens (tertiary/aromatic N) is 11. The van der Waals surface area contributed by atoms with Crippen LogP contribution in [-0.4, -0.2) is 82.5 Å². The highest BCUT2D eigenvalue weighted by molar-refractivity contribution is 5.41. The molecule has 3 aliphatic heterocycles. The predicted octanol–water partition coefficient (Wildman–Crippen LogP) is -1.18. The molecule has 0 aromatic carbocycles. The Bertz CT molecular complexity index is 842. The Morgan fingerprint density at radius 1 is 0.692 bits per heavy atom. The average Bonchev–Trinajstić information content (AvgIpc) is 2.76. The first kappa shape index (κ1) is 15.2. The lowest BCUT2D eigenvalue weighted by atomic mass is 9.85. The number of hydrogen-bond acceptors (Lipinski definition) is 10. The second kappa shape index (κ2) is 5.75. The van der Waals surface area contributed by atoms with Gasteiger partial charge < -0.3 is 0 Å². The van der Waals surface area contributed by atoms with Crippen LogP contribution in [0.3, 0.4) is 0 Å². The van der Waals surface area contributed by atoms with Gasteiger partial charge in [-0.2, -0.15) is 9.97 Å². The van der Waals surface area contributed by atoms with E-state index in [-0.39, 0.29) is 0 Å². The molecule has 3 saturated heterocycles. The van der Waals surface area contributed by atoms with Crippen molar-refractivity contribution in [3.05, 3.63) is 49.6 Å². The van der Waals surface area contributed by atoms with Gasteiger partial charge in [0.25, 0.3) is 0 Å². The van der Waals surface area contributed by atoms with Gasteiger partial charge in [-0.3, -0.25) is 4.90 Å². The van der Waals surface area contributed by atoms with Crippen LogP contribution in [0.5, 0.6) is 0 Å². The van der Waals surface area contributed by atoms with Crippen LogP contribution in [-0.2, 0) is 5.54 Å². The minimum absolute atomic E-state index is 0.458. The van der Waals surface area contributed by atoms with E-state index >= 15 is 0 Å². The Morgan fingerprint density at radius 3 is 1.65 bits per heavy atom. The molecular weight excluding hydrogens is 334 g/mol. The number of hydrogen-bond donors (Lipinski definition) is 0. The Balaban J connectivity index is 1.83. The van der Waals surface area contributed by atoms with Gasteiger partial charge in [-0.15, -0.1) is 0 Å². The standard InChI is InChI=1S/C15H16N11/c1-3-26(14-23-10-18-11-24-14)4-2-25(1)5-15(26,12-19-6-16-7-20-12)13-21-8-17-9-22-13/h6-11H,1-5H2/q+1. The maximum atomic E-state index is 4.51. The van der Waals surface area contributed by atoms with E-state index in [0.717, 1.165) is 26.2 Å². The van der Waals surface area contributed by atoms with Gasteiger partial charge in [0, 0.05) is 13.1 Å². The van der Waals surface area contributed by atoms with Crippen LogP contribution < -0.4 is 4.48 Å². The third-order valence-electron chi connectivity index (χ3n) is 5.37. The molecule has 6 heterocycles. The lowest BCUT2D eigenvalue weighted by Gasteiger charge is -2.58. The Kier molecular flexibility index (Phi) is 3.36. The molecule has 3 aromatic heterocycles. The van der Waals surface area contributed by atoms with E-state index in [2.05, 4.69) is 49.8 Å². The van der Waals surface area contributed by atoms with Crippen molar-refractivity contribution >= 4 is 5.95 Å². The summed E-state index contributed by atoms with van der Waals surface area (Å²) in [7, 11) is 0. The van der Waals surface area contributed by atoms with E-state index in [1.165, 1.54) is 38.0 Å². The molecular formula is C15H16N11+. The Morgan fingerprint density at radius 2 is 1.15 bits per heavy atom. The van der Waals surface area contributed by atoms with E-state index < -0.39 is 5.54 Å². The van der Waals surface area contributed by atoms with Gasteiger partial charge in [0.2, 0.25) is 17.2 Å². The smallest absolute Gasteiger partial charge is 0.285 e. The normalized spacial score (nSPS) is 26.5. The van der Waals surface area contributed by atoms with Crippen LogP contribution in [0.25, 0.3) is 0 Å². The lowest BCUT2D eigenvalue weighted by Crippen LogP contribution is -2.80. The molecule has 0 radical (unpaired) electrons. The van der Waals surface area contributed by atoms with Crippen molar-refractivity contribution in [3.8, 4) is 0 Å². The fraction of sp³-hybridized carbons (Fsp3) is 0.400. The zero-order chi connectivity index (χ0) is 17.5. The van der Waals surface area contributed by atoms with Crippen molar-refractivity contribution < 1.29 is 0 Å². The largest absolute Gasteiger partial charge is 0.333 e. The topological polar surface area (TPSA) is 119 Å². The summed E-state index contributed by atoms with van der Waals surface area (Å²) in [6.07, 6.45) is 9.09. The number of quaternary nitrogens is 1. The highest BCUT2D eigenvalue weighted by Gasteiger charge is 2.66. The third-order valence-corrected chi connectivity index (χ3v) is 5.37. The molecule has 130 valence electrons. The maximum absolute atomic E-state index is 4.51. The summed E-state index contributed by atoms with van der Waals surface area (Å²) in [5, 5.41) is 0. The Labute approximate surface area is 148 Å². The van der Waals surface area contributed by atoms with Crippen LogP contribution in [0.2, 0.25) is 0 Å². The molecule has 0 unspecified atom stereocenters. The van der Waals surface area contributed by atoms with Gasteiger partial charge in [-0.25, -0.2) is 39.4 Å². The van der Waals surface area contributed by atoms with Crippen LogP contribution in [0.15, 0.2) is 38.0 Å². The summed E-state index contributed by atoms with van der Waals surface area (Å²) in [6, 6.07) is 0. The monoisotopic (exact) mass is 350 g/mol. The summed E-state index contributed by atoms with van der Waals surface area (Å²) >= 11 is 0. The predicted molar refractivity (Wildman–Crippen MR) is 88.2 cm³/mol. The molecule has 3 fully saturated rings. The van der Waals surface area contributed by atoms with Crippen LogP contribution in [0.1, 0.15) is 11.6 Å². The third kappa shape index (κ3) is 1.98. The number of piperazine rings is 3. The highest BCUT2D eigenvalue weighted by atomic mass is 15.6. The summed E-state index contributed by atoms with van der Waals surface area (Å²) < 4.78 is 0.458. The summed E-state index contributed by atoms with van der Waals surface area (Å²) in [6.45, 7) is 4.16. The molecule has 2 bridgehead atoms. The van der Waals surface area contributed by atoms with Crippen LogP contribution in [0, 0.1) is 0 Å². The van der Waals surface area contributed by atoms with E-state index in [1.807, 2.05) is 0 Å². The van der Waals surface area contributed by atoms with Gasteiger partial charge in [-0.1, -0.05) is 0 Å². The van der Waals surface area contributed by atoms with Crippen LogP contribution in [0.4, 0.5) is 5.95 Å². The molecule has 0 amide bonds. The number of fused-ring (bicyclic) bond motifs is 3. The van der Waals surface area contributed by atoms with Gasteiger partial charge >= 0.3 is 5.95 Å². The minimum Gasteiger partial charge on any atom is -0.285 e. The van der Waals surface area contributed by atoms with Gasteiger partial charge in [0.1, 0.15) is 38.0 Å². The van der Waals surface area contributed by atoms with Gasteiger partial charge in [0.05, 0.1) is 19.6 Å². The number of aromatic nitrogens is 9. The van der Waals surface area contributed by atoms with E-state index in [4.69, 9.17) is 0 Å². The molecule has 11 heteroatoms. The zero-order valence-electron chi connectivity index (χ0n) is 13.9. The molecule has 0 atom stereocenters. The van der Waals surface area contributed by atoms with Crippen molar-refractivity contribution in [1.29, 1.82) is 0 Å². The molecule has 6 rings (SSSR count). The Hall–Kier alpha value is -3.05. The molecule has 3 aliphatic rings. The molecule has 0 N–H and O–H groups in total. The van der Waals surface area contributed by atoms with Crippen molar-refractivity contribution in [3.63, 3.8) is 0 Å². The first-order valence-corrected chi connectivity index (χ1v) is 8.32. The van der Waals surface area contributed by atoms with E-state index in [9.17, 15) is 0 Å². The van der Waals surface area contributed by atoms with Crippen molar-refractivity contribution in [2.24, 2.45) is 0 Å². The first-order chi connectivity index (χ1) is 12.9. The van der Waals surface area contributed by atoms with Gasteiger partial charge in [0.15, 0.2) is 0 Å². The fourth-order valence-electron chi connectivity index (χ4n) is 4.20. The number of rotatable bonds is 3. The molecule has 26 heavy (non-hydrogen) atoms. The molecule has 11 nitrogen and oxygen atoms in total. The van der Waals surface area contributed by atoms with E-state index in [0.29, 0.717) is 28.6 Å². The highest BCUT2D eigenvalue weighted by Crippen LogP contribution is 2.46. The average molecular weight is 350 g/mol. The van der Waals surface area contributed by atoms with Crippen molar-refractivity contribution in [2.45, 2.75) is 5.54 Å². The summed E-state index contributed by atoms with van der Waals surface area (Å²) in [4.78, 5) is 41.4. The quantitative estimate of drug-likeness (QED) is 0.534. The molecule has 0 spiro atoms. The second-order valence-electron chi connectivity index (χ2n) is 6.41. The van der Waals surface area contributed by atoms with E-state index in [1.54, 1.807) is 0 Å². The van der Waals surface area contributed by atoms with Gasteiger partial charge in [-0.05, 0) is 0 Å². The zero-order valence-corrected chi connectivity index (χ0v) is 13.9. The molecule has 0 saturated carbocycles.